The maximum atomic E-state index is 11.5. The van der Waals surface area contributed by atoms with E-state index in [0.29, 0.717) is 13.2 Å². The Kier molecular flexibility index (Phi) is 5.28. The zero-order valence-electron chi connectivity index (χ0n) is 12.1. The molecule has 0 atom stereocenters. The Morgan fingerprint density at radius 2 is 2.29 bits per heavy atom. The third-order valence-electron chi connectivity index (χ3n) is 2.81. The molecule has 7 nitrogen and oxygen atoms in total. The Bertz CT molecular complexity index is 597. The molecule has 2 rings (SSSR count). The lowest BCUT2D eigenvalue weighted by Gasteiger charge is -2.09. The zero-order valence-corrected chi connectivity index (χ0v) is 12.1. The van der Waals surface area contributed by atoms with Gasteiger partial charge in [0.2, 0.25) is 0 Å². The van der Waals surface area contributed by atoms with Gasteiger partial charge < -0.3 is 14.8 Å². The number of carbonyl (C=O) groups excluding carboxylic acids is 1. The van der Waals surface area contributed by atoms with Gasteiger partial charge in [0.1, 0.15) is 6.61 Å². The Labute approximate surface area is 122 Å². The van der Waals surface area contributed by atoms with Gasteiger partial charge in [0.05, 0.1) is 18.5 Å². The summed E-state index contributed by atoms with van der Waals surface area (Å²) in [4.78, 5) is 15.9. The van der Waals surface area contributed by atoms with E-state index in [4.69, 9.17) is 9.47 Å². The molecule has 0 aliphatic rings. The van der Waals surface area contributed by atoms with Crippen LogP contribution >= 0.6 is 0 Å². The quantitative estimate of drug-likeness (QED) is 0.813. The van der Waals surface area contributed by atoms with E-state index in [0.717, 1.165) is 16.8 Å². The van der Waals surface area contributed by atoms with Gasteiger partial charge in [-0.25, -0.2) is 4.79 Å². The Balaban J connectivity index is 1.99. The smallest absolute Gasteiger partial charge is 0.407 e. The molecule has 1 amide bonds. The molecular weight excluding hydrogens is 272 g/mol. The largest absolute Gasteiger partial charge is 0.447 e. The van der Waals surface area contributed by atoms with Crippen LogP contribution in [-0.2, 0) is 23.1 Å². The third kappa shape index (κ3) is 4.28. The summed E-state index contributed by atoms with van der Waals surface area (Å²) in [5.41, 5.74) is 2.60. The van der Waals surface area contributed by atoms with Crippen molar-refractivity contribution in [3.63, 3.8) is 0 Å². The summed E-state index contributed by atoms with van der Waals surface area (Å²) < 4.78 is 11.5. The first-order chi connectivity index (χ1) is 10.2. The summed E-state index contributed by atoms with van der Waals surface area (Å²) >= 11 is 0. The number of alkyl carbamates (subject to hydrolysis) is 1. The van der Waals surface area contributed by atoms with Crippen molar-refractivity contribution < 1.29 is 14.3 Å². The average molecular weight is 290 g/mol. The van der Waals surface area contributed by atoms with E-state index in [1.165, 1.54) is 0 Å². The lowest BCUT2D eigenvalue weighted by Crippen LogP contribution is -2.25. The normalized spacial score (nSPS) is 10.4. The van der Waals surface area contributed by atoms with E-state index < -0.39 is 6.09 Å². The van der Waals surface area contributed by atoms with Crippen molar-refractivity contribution in [2.45, 2.75) is 6.54 Å². The third-order valence-corrected chi connectivity index (χ3v) is 2.81. The number of hydrogen-bond acceptors (Lipinski definition) is 5. The predicted octanol–water partition coefficient (Wildman–Crippen LogP) is 1.35. The van der Waals surface area contributed by atoms with Crippen LogP contribution in [0.3, 0.4) is 0 Å². The fraction of sp³-hybridized carbons (Fsp3) is 0.357. The number of hydrogen-bond donors (Lipinski definition) is 1. The number of amides is 1. The summed E-state index contributed by atoms with van der Waals surface area (Å²) in [5, 5.41) is 6.82. The van der Waals surface area contributed by atoms with Crippen molar-refractivity contribution in [2.75, 3.05) is 20.3 Å². The molecule has 2 aromatic rings. The van der Waals surface area contributed by atoms with Crippen LogP contribution in [0, 0.1) is 0 Å². The van der Waals surface area contributed by atoms with E-state index in [1.54, 1.807) is 24.2 Å². The number of carbonyl (C=O) groups is 1. The van der Waals surface area contributed by atoms with Gasteiger partial charge in [-0.3, -0.25) is 9.67 Å². The summed E-state index contributed by atoms with van der Waals surface area (Å²) in [7, 11) is 3.40. The molecule has 0 unspecified atom stereocenters. The minimum Gasteiger partial charge on any atom is -0.447 e. The number of ether oxygens (including phenoxy) is 2. The maximum Gasteiger partial charge on any atom is 0.407 e. The predicted molar refractivity (Wildman–Crippen MR) is 76.5 cm³/mol. The van der Waals surface area contributed by atoms with Gasteiger partial charge in [-0.1, -0.05) is 6.07 Å². The van der Waals surface area contributed by atoms with Gasteiger partial charge in [0.25, 0.3) is 0 Å². The number of nitrogens with one attached hydrogen (secondary N) is 1. The van der Waals surface area contributed by atoms with Gasteiger partial charge in [0, 0.05) is 38.7 Å². The molecular formula is C14H18N4O3. The standard InChI is InChI=1S/C14H18N4O3/c1-18-10-12(9-17-18)13-11(4-3-5-15-13)8-16-14(19)21-7-6-20-2/h3-5,9-10H,6-8H2,1-2H3,(H,16,19). The second kappa shape index (κ2) is 7.39. The fourth-order valence-corrected chi connectivity index (χ4v) is 1.82. The second-order valence-corrected chi connectivity index (χ2v) is 4.40. The van der Waals surface area contributed by atoms with E-state index in [1.807, 2.05) is 25.4 Å². The first-order valence-corrected chi connectivity index (χ1v) is 6.53. The van der Waals surface area contributed by atoms with E-state index >= 15 is 0 Å². The molecule has 0 aliphatic heterocycles. The highest BCUT2D eigenvalue weighted by molar-refractivity contribution is 5.68. The first-order valence-electron chi connectivity index (χ1n) is 6.53. The van der Waals surface area contributed by atoms with Crippen LogP contribution in [-0.4, -0.2) is 41.2 Å². The molecule has 1 N–H and O–H groups in total. The fourth-order valence-electron chi connectivity index (χ4n) is 1.82. The lowest BCUT2D eigenvalue weighted by atomic mass is 10.1. The summed E-state index contributed by atoms with van der Waals surface area (Å²) in [6, 6.07) is 3.73. The van der Waals surface area contributed by atoms with Gasteiger partial charge in [-0.05, 0) is 11.6 Å². The lowest BCUT2D eigenvalue weighted by molar-refractivity contribution is 0.0983. The number of rotatable bonds is 6. The second-order valence-electron chi connectivity index (χ2n) is 4.40. The van der Waals surface area contributed by atoms with E-state index in [9.17, 15) is 4.79 Å². The molecule has 0 fully saturated rings. The van der Waals surface area contributed by atoms with Crippen LogP contribution in [0.2, 0.25) is 0 Å². The Morgan fingerprint density at radius 3 is 3.00 bits per heavy atom. The van der Waals surface area contributed by atoms with Crippen molar-refractivity contribution in [1.29, 1.82) is 0 Å². The van der Waals surface area contributed by atoms with Crippen LogP contribution in [0.25, 0.3) is 11.3 Å². The monoisotopic (exact) mass is 290 g/mol. The molecule has 0 saturated heterocycles. The number of nitrogens with zero attached hydrogens (tertiary/aromatic N) is 3. The first kappa shape index (κ1) is 15.0. The van der Waals surface area contributed by atoms with Crippen LogP contribution < -0.4 is 5.32 Å². The molecule has 0 aromatic carbocycles. The molecule has 2 aromatic heterocycles. The van der Waals surface area contributed by atoms with Crippen molar-refractivity contribution >= 4 is 6.09 Å². The highest BCUT2D eigenvalue weighted by atomic mass is 16.6. The number of aromatic nitrogens is 3. The van der Waals surface area contributed by atoms with Crippen molar-refractivity contribution in [3.8, 4) is 11.3 Å². The van der Waals surface area contributed by atoms with E-state index in [2.05, 4.69) is 15.4 Å². The minimum absolute atomic E-state index is 0.227. The molecule has 0 aliphatic carbocycles. The average Bonchev–Trinajstić information content (AvgIpc) is 2.92. The number of aryl methyl sites for hydroxylation is 1. The topological polar surface area (TPSA) is 78.3 Å². The zero-order chi connectivity index (χ0) is 15.1. The van der Waals surface area contributed by atoms with Crippen LogP contribution in [0.1, 0.15) is 5.56 Å². The molecule has 21 heavy (non-hydrogen) atoms. The SMILES string of the molecule is COCCOC(=O)NCc1cccnc1-c1cnn(C)c1. The van der Waals surface area contributed by atoms with Crippen LogP contribution in [0.4, 0.5) is 4.79 Å². The van der Waals surface area contributed by atoms with Crippen molar-refractivity contribution in [1.82, 2.24) is 20.1 Å². The maximum absolute atomic E-state index is 11.5. The van der Waals surface area contributed by atoms with Gasteiger partial charge in [-0.2, -0.15) is 5.10 Å². The van der Waals surface area contributed by atoms with Gasteiger partial charge >= 0.3 is 6.09 Å². The Hall–Kier alpha value is -2.41. The minimum atomic E-state index is -0.479. The van der Waals surface area contributed by atoms with E-state index in [-0.39, 0.29) is 6.61 Å². The molecule has 0 saturated carbocycles. The van der Waals surface area contributed by atoms with Gasteiger partial charge in [0.15, 0.2) is 0 Å². The molecule has 0 bridgehead atoms. The van der Waals surface area contributed by atoms with Crippen molar-refractivity contribution in [3.05, 3.63) is 36.3 Å². The highest BCUT2D eigenvalue weighted by Gasteiger charge is 2.09. The molecule has 7 heteroatoms. The number of methoxy groups -OCH3 is 1. The summed E-state index contributed by atoms with van der Waals surface area (Å²) in [6.07, 6.45) is 4.85. The summed E-state index contributed by atoms with van der Waals surface area (Å²) in [5.74, 6) is 0. The Morgan fingerprint density at radius 1 is 1.43 bits per heavy atom. The molecule has 0 radical (unpaired) electrons. The van der Waals surface area contributed by atoms with Crippen molar-refractivity contribution in [2.24, 2.45) is 7.05 Å². The molecule has 112 valence electrons. The molecule has 2 heterocycles. The van der Waals surface area contributed by atoms with Crippen LogP contribution in [0.15, 0.2) is 30.7 Å². The van der Waals surface area contributed by atoms with Crippen LogP contribution in [0.5, 0.6) is 0 Å². The number of pyridine rings is 1. The summed E-state index contributed by atoms with van der Waals surface area (Å²) in [6.45, 7) is 0.940. The van der Waals surface area contributed by atoms with Gasteiger partial charge in [-0.15, -0.1) is 0 Å². The highest BCUT2D eigenvalue weighted by Crippen LogP contribution is 2.20. The molecule has 0 spiro atoms.